The molecule has 2 heterocycles. The molecule has 2 N–H and O–H groups in total. The minimum Gasteiger partial charge on any atom is -0.420 e. The number of anilines is 1. The maximum absolute atomic E-state index is 13.9. The summed E-state index contributed by atoms with van der Waals surface area (Å²) in [5.74, 6) is -0.901. The minimum atomic E-state index is -4.26. The van der Waals surface area contributed by atoms with Crippen LogP contribution >= 0.6 is 0 Å². The number of nitrogens with one attached hydrogen (secondary N) is 2. The van der Waals surface area contributed by atoms with Gasteiger partial charge in [0.05, 0.1) is 11.3 Å². The summed E-state index contributed by atoms with van der Waals surface area (Å²) in [7, 11) is -4.26. The zero-order valence-corrected chi connectivity index (χ0v) is 16.0. The molecule has 0 aliphatic heterocycles. The van der Waals surface area contributed by atoms with Crippen molar-refractivity contribution in [2.24, 2.45) is 0 Å². The zero-order chi connectivity index (χ0) is 20.1. The van der Waals surface area contributed by atoms with Crippen LogP contribution < -0.4 is 4.72 Å². The largest absolute Gasteiger partial charge is 0.420 e. The fourth-order valence-electron chi connectivity index (χ4n) is 3.28. The van der Waals surface area contributed by atoms with Crippen LogP contribution in [0.4, 0.5) is 14.5 Å². The van der Waals surface area contributed by atoms with Crippen LogP contribution in [-0.4, -0.2) is 23.6 Å². The van der Waals surface area contributed by atoms with Crippen molar-refractivity contribution >= 4 is 15.7 Å². The predicted octanol–water partition coefficient (Wildman–Crippen LogP) is 4.03. The quantitative estimate of drug-likeness (QED) is 0.664. The molecular formula is C18H18F2N4O3S. The molecule has 28 heavy (non-hydrogen) atoms. The zero-order valence-electron chi connectivity index (χ0n) is 15.2. The van der Waals surface area contributed by atoms with E-state index in [1.807, 2.05) is 0 Å². The van der Waals surface area contributed by atoms with Gasteiger partial charge in [0.25, 0.3) is 15.9 Å². The SMILES string of the molecule is Cc1[nH]c(C)c(S(=O)(=O)Nc2cc(F)ccc2F)c1-c1nnc(C2CCC2)o1. The van der Waals surface area contributed by atoms with Gasteiger partial charge >= 0.3 is 0 Å². The maximum Gasteiger partial charge on any atom is 0.264 e. The second-order valence-corrected chi connectivity index (χ2v) is 8.50. The van der Waals surface area contributed by atoms with Gasteiger partial charge in [-0.2, -0.15) is 0 Å². The van der Waals surface area contributed by atoms with E-state index in [9.17, 15) is 17.2 Å². The molecule has 10 heteroatoms. The molecule has 0 bridgehead atoms. The summed E-state index contributed by atoms with van der Waals surface area (Å²) < 4.78 is 61.2. The Hall–Kier alpha value is -2.75. The van der Waals surface area contributed by atoms with E-state index in [4.69, 9.17) is 4.42 Å². The molecule has 148 valence electrons. The van der Waals surface area contributed by atoms with E-state index in [0.29, 0.717) is 17.3 Å². The number of aromatic nitrogens is 3. The van der Waals surface area contributed by atoms with Crippen LogP contribution in [-0.2, 0) is 10.0 Å². The molecule has 1 aromatic carbocycles. The van der Waals surface area contributed by atoms with Gasteiger partial charge in [-0.05, 0) is 38.8 Å². The molecule has 7 nitrogen and oxygen atoms in total. The Balaban J connectivity index is 1.77. The fraction of sp³-hybridized carbons (Fsp3) is 0.333. The summed E-state index contributed by atoms with van der Waals surface area (Å²) >= 11 is 0. The van der Waals surface area contributed by atoms with E-state index in [0.717, 1.165) is 37.5 Å². The number of rotatable bonds is 5. The fourth-order valence-corrected chi connectivity index (χ4v) is 4.79. The van der Waals surface area contributed by atoms with Gasteiger partial charge in [0.2, 0.25) is 5.89 Å². The van der Waals surface area contributed by atoms with Crippen LogP contribution in [0.25, 0.3) is 11.5 Å². The van der Waals surface area contributed by atoms with Crippen molar-refractivity contribution in [2.75, 3.05) is 4.72 Å². The molecule has 0 saturated heterocycles. The number of benzene rings is 1. The Morgan fingerprint density at radius 1 is 1.18 bits per heavy atom. The van der Waals surface area contributed by atoms with Crippen LogP contribution in [0.2, 0.25) is 0 Å². The van der Waals surface area contributed by atoms with E-state index in [2.05, 4.69) is 19.9 Å². The maximum atomic E-state index is 13.9. The number of H-pyrrole nitrogens is 1. The lowest BCUT2D eigenvalue weighted by Gasteiger charge is -2.20. The lowest BCUT2D eigenvalue weighted by Crippen LogP contribution is -2.15. The molecule has 3 aromatic rings. The summed E-state index contributed by atoms with van der Waals surface area (Å²) in [5, 5.41) is 8.06. The minimum absolute atomic E-state index is 0.0730. The van der Waals surface area contributed by atoms with Gasteiger partial charge in [-0.15, -0.1) is 10.2 Å². The Morgan fingerprint density at radius 2 is 1.93 bits per heavy atom. The first-order chi connectivity index (χ1) is 13.3. The van der Waals surface area contributed by atoms with Gasteiger partial charge in [0, 0.05) is 23.4 Å². The molecule has 2 aromatic heterocycles. The van der Waals surface area contributed by atoms with Crippen LogP contribution in [0.3, 0.4) is 0 Å². The van der Waals surface area contributed by atoms with Gasteiger partial charge in [-0.3, -0.25) is 4.72 Å². The van der Waals surface area contributed by atoms with Crippen molar-refractivity contribution in [3.05, 3.63) is 47.1 Å². The van der Waals surface area contributed by atoms with Crippen LogP contribution in [0.15, 0.2) is 27.5 Å². The first-order valence-corrected chi connectivity index (χ1v) is 10.3. The third-order valence-corrected chi connectivity index (χ3v) is 6.40. The molecule has 1 aliphatic carbocycles. The highest BCUT2D eigenvalue weighted by molar-refractivity contribution is 7.93. The Kier molecular flexibility index (Phi) is 4.45. The molecule has 0 radical (unpaired) electrons. The summed E-state index contributed by atoms with van der Waals surface area (Å²) in [6, 6.07) is 2.54. The molecule has 1 saturated carbocycles. The van der Waals surface area contributed by atoms with E-state index in [-0.39, 0.29) is 22.3 Å². The summed E-state index contributed by atoms with van der Waals surface area (Å²) in [4.78, 5) is 2.80. The first-order valence-electron chi connectivity index (χ1n) is 8.77. The summed E-state index contributed by atoms with van der Waals surface area (Å²) in [6.07, 6.45) is 3.00. The average molecular weight is 408 g/mol. The standard InChI is InChI=1S/C18H18F2N4O3S/c1-9-15(18-23-22-17(27-18)11-4-3-5-11)16(10(2)21-9)28(25,26)24-14-8-12(19)6-7-13(14)20/h6-8,11,21,24H,3-5H2,1-2H3. The normalized spacial score (nSPS) is 14.9. The number of hydrogen-bond donors (Lipinski definition) is 2. The number of aryl methyl sites for hydroxylation is 2. The van der Waals surface area contributed by atoms with Crippen LogP contribution in [0.5, 0.6) is 0 Å². The second-order valence-electron chi connectivity index (χ2n) is 6.88. The van der Waals surface area contributed by atoms with E-state index in [1.54, 1.807) is 13.8 Å². The van der Waals surface area contributed by atoms with Crippen molar-refractivity contribution in [3.8, 4) is 11.5 Å². The van der Waals surface area contributed by atoms with Crippen molar-refractivity contribution in [1.82, 2.24) is 15.2 Å². The molecule has 0 unspecified atom stereocenters. The first kappa shape index (κ1) is 18.6. The van der Waals surface area contributed by atoms with Crippen molar-refractivity contribution in [1.29, 1.82) is 0 Å². The predicted molar refractivity (Wildman–Crippen MR) is 97.3 cm³/mol. The molecule has 0 amide bonds. The van der Waals surface area contributed by atoms with Crippen molar-refractivity contribution in [2.45, 2.75) is 43.9 Å². The van der Waals surface area contributed by atoms with Crippen LogP contribution in [0, 0.1) is 25.5 Å². The Bertz CT molecular complexity index is 1150. The number of hydrogen-bond acceptors (Lipinski definition) is 5. The number of sulfonamides is 1. The van der Waals surface area contributed by atoms with Crippen molar-refractivity contribution in [3.63, 3.8) is 0 Å². The van der Waals surface area contributed by atoms with Crippen molar-refractivity contribution < 1.29 is 21.6 Å². The lowest BCUT2D eigenvalue weighted by molar-refractivity contribution is 0.338. The Morgan fingerprint density at radius 3 is 2.61 bits per heavy atom. The highest BCUT2D eigenvalue weighted by atomic mass is 32.2. The summed E-state index contributed by atoms with van der Waals surface area (Å²) in [6.45, 7) is 3.24. The molecule has 1 aliphatic rings. The average Bonchev–Trinajstić information content (AvgIpc) is 3.13. The van der Waals surface area contributed by atoms with E-state index < -0.39 is 27.3 Å². The summed E-state index contributed by atoms with van der Waals surface area (Å²) in [5.41, 5.74) is 0.575. The molecule has 1 fully saturated rings. The smallest absolute Gasteiger partial charge is 0.264 e. The molecule has 4 rings (SSSR count). The second kappa shape index (κ2) is 6.69. The molecular weight excluding hydrogens is 390 g/mol. The monoisotopic (exact) mass is 408 g/mol. The number of halogens is 2. The van der Waals surface area contributed by atoms with E-state index >= 15 is 0 Å². The topological polar surface area (TPSA) is 101 Å². The molecule has 0 spiro atoms. The van der Waals surface area contributed by atoms with Crippen LogP contribution in [0.1, 0.15) is 42.5 Å². The third-order valence-electron chi connectivity index (χ3n) is 4.87. The third kappa shape index (κ3) is 3.17. The lowest BCUT2D eigenvalue weighted by atomic mass is 9.85. The Labute approximate surface area is 160 Å². The molecule has 0 atom stereocenters. The highest BCUT2D eigenvalue weighted by Crippen LogP contribution is 2.39. The van der Waals surface area contributed by atoms with Gasteiger partial charge < -0.3 is 9.40 Å². The number of nitrogens with zero attached hydrogens (tertiary/aromatic N) is 2. The number of aromatic amines is 1. The van der Waals surface area contributed by atoms with Gasteiger partial charge in [0.1, 0.15) is 16.5 Å². The van der Waals surface area contributed by atoms with E-state index in [1.165, 1.54) is 0 Å². The van der Waals surface area contributed by atoms with Gasteiger partial charge in [0.15, 0.2) is 0 Å². The highest BCUT2D eigenvalue weighted by Gasteiger charge is 2.31. The van der Waals surface area contributed by atoms with Gasteiger partial charge in [-0.1, -0.05) is 6.42 Å². The van der Waals surface area contributed by atoms with Gasteiger partial charge in [-0.25, -0.2) is 17.2 Å².